The van der Waals surface area contributed by atoms with Gasteiger partial charge in [0.1, 0.15) is 4.91 Å². The molecule has 0 saturated heterocycles. The van der Waals surface area contributed by atoms with Crippen molar-refractivity contribution < 1.29 is 14.8 Å². The molecule has 0 rings (SSSR count). The van der Waals surface area contributed by atoms with Crippen LogP contribution in [0.5, 0.6) is 0 Å². The molecule has 0 saturated carbocycles. The molecule has 0 heterocycles. The van der Waals surface area contributed by atoms with Crippen LogP contribution in [0.25, 0.3) is 0 Å². The lowest BCUT2D eigenvalue weighted by Crippen LogP contribution is -2.05. The Hall–Kier alpha value is -0.740. The zero-order valence-electron chi connectivity index (χ0n) is 4.84. The molecule has 56 valence electrons. The van der Waals surface area contributed by atoms with E-state index in [-0.39, 0.29) is 15.5 Å². The fourth-order valence-corrected chi connectivity index (χ4v) is 0.293. The zero-order chi connectivity index (χ0) is 8.15. The van der Waals surface area contributed by atoms with Crippen LogP contribution in [0.1, 0.15) is 0 Å². The van der Waals surface area contributed by atoms with Gasteiger partial charge in [-0.2, -0.15) is 0 Å². The van der Waals surface area contributed by atoms with Gasteiger partial charge >= 0.3 is 5.09 Å². The molecular formula is C4H4Cl2NO3+. The van der Waals surface area contributed by atoms with Gasteiger partial charge in [0.2, 0.25) is 0 Å². The number of hydrogen-bond donors (Lipinski definition) is 0. The third-order valence-corrected chi connectivity index (χ3v) is 0.485. The lowest BCUT2D eigenvalue weighted by molar-refractivity contribution is -0.960. The summed E-state index contributed by atoms with van der Waals surface area (Å²) in [5, 5.41) is -0.967. The van der Waals surface area contributed by atoms with Gasteiger partial charge < -0.3 is 0 Å². The Balaban J connectivity index is 3.65. The molecule has 0 radical (unpaired) electrons. The monoisotopic (exact) mass is 184 g/mol. The Labute approximate surface area is 67.1 Å². The van der Waals surface area contributed by atoms with Gasteiger partial charge in [0.05, 0.1) is 0 Å². The van der Waals surface area contributed by atoms with E-state index >= 15 is 0 Å². The summed E-state index contributed by atoms with van der Waals surface area (Å²) >= 11 is 10.1. The van der Waals surface area contributed by atoms with Crippen molar-refractivity contribution in [3.8, 4) is 0 Å². The lowest BCUT2D eigenvalue weighted by atomic mass is 11.1. The molecule has 0 N–H and O–H groups in total. The van der Waals surface area contributed by atoms with Crippen LogP contribution in [-0.2, 0) is 9.68 Å². The summed E-state index contributed by atoms with van der Waals surface area (Å²) in [6, 6.07) is 0. The Morgan fingerprint density at radius 3 is 1.70 bits per heavy atom. The molecule has 0 unspecified atom stereocenters. The topological polar surface area (TPSA) is 38.5 Å². The van der Waals surface area contributed by atoms with Crippen LogP contribution in [0.2, 0.25) is 0 Å². The summed E-state index contributed by atoms with van der Waals surface area (Å²) in [7, 11) is 0. The molecular weight excluding hydrogens is 181 g/mol. The first-order chi connectivity index (χ1) is 4.52. The maximum absolute atomic E-state index is 10.2. The Morgan fingerprint density at radius 1 is 1.20 bits per heavy atom. The van der Waals surface area contributed by atoms with Gasteiger partial charge in [-0.15, -0.1) is 9.68 Å². The number of hydrogen-bond acceptors (Lipinski definition) is 3. The summed E-state index contributed by atoms with van der Waals surface area (Å²) < 4.78 is 0. The summed E-state index contributed by atoms with van der Waals surface area (Å²) in [6.45, 7) is 6.10. The fourth-order valence-electron chi connectivity index (χ4n) is 0.180. The van der Waals surface area contributed by atoms with Crippen LogP contribution in [0.4, 0.5) is 0 Å². The minimum absolute atomic E-state index is 0.315. The Morgan fingerprint density at radius 2 is 1.50 bits per heavy atom. The summed E-state index contributed by atoms with van der Waals surface area (Å²) in [5.74, 6) is 0. The second-order valence-corrected chi connectivity index (χ2v) is 1.96. The van der Waals surface area contributed by atoms with Crippen LogP contribution in [0.15, 0.2) is 23.6 Å². The van der Waals surface area contributed by atoms with Crippen molar-refractivity contribution in [3.05, 3.63) is 28.5 Å². The van der Waals surface area contributed by atoms with Crippen LogP contribution in [-0.4, -0.2) is 5.09 Å². The normalized spacial score (nSPS) is 8.20. The molecule has 6 heteroatoms. The van der Waals surface area contributed by atoms with Crippen LogP contribution in [0, 0.1) is 4.91 Å². The molecule has 0 amide bonds. The first-order valence-electron chi connectivity index (χ1n) is 2.04. The van der Waals surface area contributed by atoms with Crippen LogP contribution < -0.4 is 0 Å². The highest BCUT2D eigenvalue weighted by Crippen LogP contribution is 2.04. The number of rotatable bonds is 4. The summed E-state index contributed by atoms with van der Waals surface area (Å²) in [5.41, 5.74) is 0. The van der Waals surface area contributed by atoms with Crippen molar-refractivity contribution in [1.29, 1.82) is 0 Å². The van der Waals surface area contributed by atoms with Crippen LogP contribution in [0.3, 0.4) is 0 Å². The molecule has 4 nitrogen and oxygen atoms in total. The SMILES string of the molecule is C=C(Cl)O[N+](=O)OC(=C)Cl. The highest BCUT2D eigenvalue weighted by atomic mass is 35.5. The van der Waals surface area contributed by atoms with Gasteiger partial charge in [-0.25, -0.2) is 0 Å². The van der Waals surface area contributed by atoms with E-state index < -0.39 is 0 Å². The minimum atomic E-state index is -0.326. The molecule has 0 aliphatic carbocycles. The van der Waals surface area contributed by atoms with Crippen molar-refractivity contribution in [2.45, 2.75) is 0 Å². The quantitative estimate of drug-likeness (QED) is 0.496. The van der Waals surface area contributed by atoms with E-state index in [0.29, 0.717) is 0 Å². The number of nitrogens with zero attached hydrogens (tertiary/aromatic N) is 1. The minimum Gasteiger partial charge on any atom is -0.132 e. The highest BCUT2D eigenvalue weighted by molar-refractivity contribution is 6.28. The molecule has 10 heavy (non-hydrogen) atoms. The molecule has 0 aromatic rings. The average molecular weight is 185 g/mol. The second-order valence-electron chi connectivity index (χ2n) is 1.12. The van der Waals surface area contributed by atoms with E-state index in [1.807, 2.05) is 0 Å². The average Bonchev–Trinajstić information content (AvgIpc) is 1.58. The molecule has 0 aromatic carbocycles. The molecule has 0 aliphatic rings. The van der Waals surface area contributed by atoms with E-state index in [1.165, 1.54) is 0 Å². The first-order valence-corrected chi connectivity index (χ1v) is 2.80. The molecule has 0 bridgehead atoms. The van der Waals surface area contributed by atoms with Gasteiger partial charge in [-0.3, -0.25) is 0 Å². The van der Waals surface area contributed by atoms with Gasteiger partial charge in [0.15, 0.2) is 0 Å². The van der Waals surface area contributed by atoms with Crippen LogP contribution >= 0.6 is 23.2 Å². The molecule has 0 aliphatic heterocycles. The predicted octanol–water partition coefficient (Wildman–Crippen LogP) is 2.05. The second kappa shape index (κ2) is 4.14. The Bertz CT molecular complexity index is 161. The third-order valence-electron chi connectivity index (χ3n) is 0.347. The van der Waals surface area contributed by atoms with Gasteiger partial charge in [-0.05, 0) is 36.4 Å². The molecule has 0 atom stereocenters. The van der Waals surface area contributed by atoms with Crippen molar-refractivity contribution in [2.75, 3.05) is 0 Å². The molecule has 0 fully saturated rings. The maximum atomic E-state index is 10.2. The van der Waals surface area contributed by atoms with Gasteiger partial charge in [0.25, 0.3) is 10.4 Å². The number of halogens is 2. The van der Waals surface area contributed by atoms with Gasteiger partial charge in [-0.1, -0.05) is 0 Å². The van der Waals surface area contributed by atoms with E-state index in [2.05, 4.69) is 22.8 Å². The summed E-state index contributed by atoms with van der Waals surface area (Å²) in [4.78, 5) is 18.3. The molecule has 0 aromatic heterocycles. The van der Waals surface area contributed by atoms with E-state index in [9.17, 15) is 4.91 Å². The van der Waals surface area contributed by atoms with E-state index in [0.717, 1.165) is 0 Å². The lowest BCUT2D eigenvalue weighted by Gasteiger charge is -1.85. The summed E-state index contributed by atoms with van der Waals surface area (Å²) in [6.07, 6.45) is 0. The van der Waals surface area contributed by atoms with E-state index in [1.54, 1.807) is 0 Å². The van der Waals surface area contributed by atoms with Crippen molar-refractivity contribution in [1.82, 2.24) is 0 Å². The largest absolute Gasteiger partial charge is 0.490 e. The standard InChI is InChI=1S/C4H4Cl2NO3/c1-3(5)9-7(8)10-4(2)6/h1-2H2/q+1. The Kier molecular flexibility index (Phi) is 3.83. The fraction of sp³-hybridized carbons (Fsp3) is 0. The van der Waals surface area contributed by atoms with Gasteiger partial charge in [0, 0.05) is 0 Å². The zero-order valence-corrected chi connectivity index (χ0v) is 6.35. The third kappa shape index (κ3) is 5.40. The predicted molar refractivity (Wildman–Crippen MR) is 35.8 cm³/mol. The highest BCUT2D eigenvalue weighted by Gasteiger charge is 2.15. The molecule has 0 spiro atoms. The first kappa shape index (κ1) is 9.26. The van der Waals surface area contributed by atoms with Crippen molar-refractivity contribution >= 4 is 23.2 Å². The van der Waals surface area contributed by atoms with Crippen molar-refractivity contribution in [2.24, 2.45) is 0 Å². The van der Waals surface area contributed by atoms with Crippen molar-refractivity contribution in [3.63, 3.8) is 0 Å². The van der Waals surface area contributed by atoms with E-state index in [4.69, 9.17) is 23.2 Å². The maximum Gasteiger partial charge on any atom is 0.490 e. The smallest absolute Gasteiger partial charge is 0.132 e.